The molecule has 1 atom stereocenters. The van der Waals surface area contributed by atoms with Crippen molar-refractivity contribution in [3.63, 3.8) is 0 Å². The highest BCUT2D eigenvalue weighted by molar-refractivity contribution is 6.35. The van der Waals surface area contributed by atoms with Crippen LogP contribution < -0.4 is 10.1 Å². The van der Waals surface area contributed by atoms with Gasteiger partial charge in [-0.05, 0) is 37.6 Å². The molecule has 0 radical (unpaired) electrons. The molecule has 2 aromatic rings. The largest absolute Gasteiger partial charge is 0.481 e. The van der Waals surface area contributed by atoms with Crippen molar-refractivity contribution in [1.82, 2.24) is 10.3 Å². The normalized spacial score (nSPS) is 12.2. The van der Waals surface area contributed by atoms with E-state index in [9.17, 15) is 4.79 Å². The minimum Gasteiger partial charge on any atom is -0.481 e. The average molecular weight is 293 g/mol. The summed E-state index contributed by atoms with van der Waals surface area (Å²) in [6, 6.07) is 7.30. The first-order chi connectivity index (χ1) is 9.61. The number of halogens is 1. The number of carbonyl (C=O) groups excluding carboxylic acids is 1. The van der Waals surface area contributed by atoms with E-state index in [0.29, 0.717) is 16.3 Å². The fraction of sp³-hybridized carbons (Fsp3) is 0.333. The van der Waals surface area contributed by atoms with Crippen molar-refractivity contribution < 1.29 is 9.53 Å². The van der Waals surface area contributed by atoms with E-state index in [4.69, 9.17) is 16.3 Å². The van der Waals surface area contributed by atoms with Crippen LogP contribution in [-0.4, -0.2) is 23.5 Å². The molecule has 0 saturated carbocycles. The van der Waals surface area contributed by atoms with E-state index >= 15 is 0 Å². The lowest BCUT2D eigenvalue weighted by atomic mass is 10.2. The summed E-state index contributed by atoms with van der Waals surface area (Å²) in [7, 11) is 0. The summed E-state index contributed by atoms with van der Waals surface area (Å²) in [5, 5.41) is 4.28. The molecule has 0 fully saturated rings. The highest BCUT2D eigenvalue weighted by Crippen LogP contribution is 2.29. The number of hydrogen-bond donors (Lipinski definition) is 1. The first kappa shape index (κ1) is 14.6. The summed E-state index contributed by atoms with van der Waals surface area (Å²) in [5.74, 6) is 0.419. The van der Waals surface area contributed by atoms with Crippen LogP contribution in [0.25, 0.3) is 10.9 Å². The quantitative estimate of drug-likeness (QED) is 0.921. The number of pyridine rings is 1. The predicted octanol–water partition coefficient (Wildman–Crippen LogP) is 3.18. The Kier molecular flexibility index (Phi) is 4.79. The summed E-state index contributed by atoms with van der Waals surface area (Å²) in [6.45, 7) is 3.94. The maximum absolute atomic E-state index is 11.7. The Morgan fingerprint density at radius 2 is 2.25 bits per heavy atom. The van der Waals surface area contributed by atoms with Gasteiger partial charge in [-0.15, -0.1) is 0 Å². The van der Waals surface area contributed by atoms with Gasteiger partial charge in [0.25, 0.3) is 5.91 Å². The van der Waals surface area contributed by atoms with Crippen LogP contribution in [0.4, 0.5) is 0 Å². The molecule has 0 aliphatic heterocycles. The van der Waals surface area contributed by atoms with Gasteiger partial charge in [0.15, 0.2) is 6.61 Å². The van der Waals surface area contributed by atoms with Gasteiger partial charge in [-0.2, -0.15) is 0 Å². The molecule has 20 heavy (non-hydrogen) atoms. The maximum Gasteiger partial charge on any atom is 0.258 e. The van der Waals surface area contributed by atoms with Crippen molar-refractivity contribution >= 4 is 28.4 Å². The second-order valence-corrected chi connectivity index (χ2v) is 5.02. The fourth-order valence-corrected chi connectivity index (χ4v) is 2.01. The summed E-state index contributed by atoms with van der Waals surface area (Å²) in [4.78, 5) is 16.0. The van der Waals surface area contributed by atoms with Crippen LogP contribution >= 0.6 is 11.6 Å². The van der Waals surface area contributed by atoms with Crippen molar-refractivity contribution in [3.05, 3.63) is 35.5 Å². The van der Waals surface area contributed by atoms with Gasteiger partial charge in [0, 0.05) is 17.6 Å². The number of rotatable bonds is 5. The molecule has 1 amide bonds. The molecule has 5 heteroatoms. The van der Waals surface area contributed by atoms with E-state index in [1.807, 2.05) is 26.0 Å². The molecular weight excluding hydrogens is 276 g/mol. The minimum atomic E-state index is -0.140. The fourth-order valence-electron chi connectivity index (χ4n) is 1.79. The van der Waals surface area contributed by atoms with Gasteiger partial charge >= 0.3 is 0 Å². The number of nitrogens with one attached hydrogen (secondary N) is 1. The van der Waals surface area contributed by atoms with Crippen molar-refractivity contribution in [2.75, 3.05) is 6.61 Å². The number of hydrogen-bond acceptors (Lipinski definition) is 3. The Bertz CT molecular complexity index is 616. The zero-order valence-electron chi connectivity index (χ0n) is 11.5. The van der Waals surface area contributed by atoms with E-state index in [0.717, 1.165) is 11.8 Å². The van der Waals surface area contributed by atoms with E-state index < -0.39 is 0 Å². The number of carbonyl (C=O) groups is 1. The number of fused-ring (bicyclic) bond motifs is 1. The van der Waals surface area contributed by atoms with Gasteiger partial charge in [0.2, 0.25) is 0 Å². The standard InChI is InChI=1S/C15H17ClN2O2/c1-3-10(2)18-14(19)9-20-13-7-6-12(16)11-5-4-8-17-15(11)13/h4-8,10H,3,9H2,1-2H3,(H,18,19)/t10-/m0/s1. The summed E-state index contributed by atoms with van der Waals surface area (Å²) >= 11 is 6.10. The molecule has 0 aliphatic carbocycles. The zero-order chi connectivity index (χ0) is 14.5. The molecule has 4 nitrogen and oxygen atoms in total. The molecule has 0 aliphatic rings. The zero-order valence-corrected chi connectivity index (χ0v) is 12.3. The van der Waals surface area contributed by atoms with Crippen molar-refractivity contribution in [2.24, 2.45) is 0 Å². The molecule has 0 saturated heterocycles. The van der Waals surface area contributed by atoms with Gasteiger partial charge in [-0.3, -0.25) is 9.78 Å². The van der Waals surface area contributed by atoms with Crippen molar-refractivity contribution in [2.45, 2.75) is 26.3 Å². The van der Waals surface area contributed by atoms with Crippen LogP contribution in [-0.2, 0) is 4.79 Å². The smallest absolute Gasteiger partial charge is 0.258 e. The third-order valence-corrected chi connectivity index (χ3v) is 3.39. The number of amides is 1. The van der Waals surface area contributed by atoms with Crippen LogP contribution in [0, 0.1) is 0 Å². The molecule has 0 spiro atoms. The number of nitrogens with zero attached hydrogens (tertiary/aromatic N) is 1. The Morgan fingerprint density at radius 1 is 1.45 bits per heavy atom. The average Bonchev–Trinajstić information content (AvgIpc) is 2.46. The second-order valence-electron chi connectivity index (χ2n) is 4.61. The van der Waals surface area contributed by atoms with Crippen LogP contribution in [0.3, 0.4) is 0 Å². The lowest BCUT2D eigenvalue weighted by Crippen LogP contribution is -2.35. The Hall–Kier alpha value is -1.81. The SMILES string of the molecule is CC[C@H](C)NC(=O)COc1ccc(Cl)c2cccnc12. The Morgan fingerprint density at radius 3 is 3.00 bits per heavy atom. The molecule has 106 valence electrons. The molecule has 1 aromatic heterocycles. The molecule has 0 unspecified atom stereocenters. The van der Waals surface area contributed by atoms with Crippen LogP contribution in [0.5, 0.6) is 5.75 Å². The van der Waals surface area contributed by atoms with Gasteiger partial charge < -0.3 is 10.1 Å². The topological polar surface area (TPSA) is 51.2 Å². The molecule has 1 aromatic carbocycles. The van der Waals surface area contributed by atoms with Crippen molar-refractivity contribution in [3.8, 4) is 5.75 Å². The molecule has 0 bridgehead atoms. The monoisotopic (exact) mass is 292 g/mol. The number of ether oxygens (including phenoxy) is 1. The van der Waals surface area contributed by atoms with Gasteiger partial charge in [0.1, 0.15) is 11.3 Å². The van der Waals surface area contributed by atoms with Gasteiger partial charge in [0.05, 0.1) is 5.02 Å². The molecular formula is C15H17ClN2O2. The van der Waals surface area contributed by atoms with E-state index in [1.165, 1.54) is 0 Å². The lowest BCUT2D eigenvalue weighted by Gasteiger charge is -2.13. The third-order valence-electron chi connectivity index (χ3n) is 3.06. The van der Waals surface area contributed by atoms with E-state index in [-0.39, 0.29) is 18.6 Å². The molecule has 2 rings (SSSR count). The predicted molar refractivity (Wildman–Crippen MR) is 80.1 cm³/mol. The van der Waals surface area contributed by atoms with Gasteiger partial charge in [-0.25, -0.2) is 0 Å². The third kappa shape index (κ3) is 3.39. The summed E-state index contributed by atoms with van der Waals surface area (Å²) in [6.07, 6.45) is 2.56. The highest BCUT2D eigenvalue weighted by Gasteiger charge is 2.10. The summed E-state index contributed by atoms with van der Waals surface area (Å²) < 4.78 is 5.55. The second kappa shape index (κ2) is 6.57. The van der Waals surface area contributed by atoms with E-state index in [2.05, 4.69) is 10.3 Å². The van der Waals surface area contributed by atoms with Crippen LogP contribution in [0.2, 0.25) is 5.02 Å². The summed E-state index contributed by atoms with van der Waals surface area (Å²) in [5.41, 5.74) is 0.663. The Balaban J connectivity index is 2.11. The van der Waals surface area contributed by atoms with Gasteiger partial charge in [-0.1, -0.05) is 18.5 Å². The minimum absolute atomic E-state index is 0.0301. The van der Waals surface area contributed by atoms with Crippen LogP contribution in [0.15, 0.2) is 30.5 Å². The molecule has 1 heterocycles. The highest BCUT2D eigenvalue weighted by atomic mass is 35.5. The lowest BCUT2D eigenvalue weighted by molar-refractivity contribution is -0.123. The number of aromatic nitrogens is 1. The van der Waals surface area contributed by atoms with E-state index in [1.54, 1.807) is 18.3 Å². The van der Waals surface area contributed by atoms with Crippen LogP contribution in [0.1, 0.15) is 20.3 Å². The first-order valence-electron chi connectivity index (χ1n) is 6.57. The first-order valence-corrected chi connectivity index (χ1v) is 6.95. The number of benzene rings is 1. The van der Waals surface area contributed by atoms with Crippen molar-refractivity contribution in [1.29, 1.82) is 0 Å². The Labute approximate surface area is 123 Å². The molecule has 1 N–H and O–H groups in total. The maximum atomic E-state index is 11.7.